The molecule has 0 bridgehead atoms. The van der Waals surface area contributed by atoms with Gasteiger partial charge in [0.15, 0.2) is 5.54 Å². The van der Waals surface area contributed by atoms with Crippen molar-refractivity contribution in [2.75, 3.05) is 46.0 Å². The van der Waals surface area contributed by atoms with Gasteiger partial charge in [-0.25, -0.2) is 22.3 Å². The summed E-state index contributed by atoms with van der Waals surface area (Å²) in [6.07, 6.45) is 1.06. The normalized spacial score (nSPS) is 18.3. The number of nitrogens with zero attached hydrogens (tertiary/aromatic N) is 2. The predicted molar refractivity (Wildman–Crippen MR) is 150 cm³/mol. The molecule has 1 fully saturated rings. The van der Waals surface area contributed by atoms with Gasteiger partial charge in [-0.15, -0.1) is 0 Å². The number of hydrogen-bond donors (Lipinski definition) is 5. The number of amides is 5. The van der Waals surface area contributed by atoms with Crippen molar-refractivity contribution in [1.82, 2.24) is 30.5 Å². The number of hydrogen-bond acceptors (Lipinski definition) is 9. The molecule has 43 heavy (non-hydrogen) atoms. The van der Waals surface area contributed by atoms with Gasteiger partial charge in [-0.3, -0.25) is 19.7 Å². The first-order valence-corrected chi connectivity index (χ1v) is 15.0. The van der Waals surface area contributed by atoms with Crippen molar-refractivity contribution < 1.29 is 41.5 Å². The third-order valence-corrected chi connectivity index (χ3v) is 7.98. The SMILES string of the molecule is CN(CCNC(=O)c1cc2cc([C@]3(CN4Cc5ccc(O)cc5C4=O)NC(=O)NC3=O)oc2cc1F)CCNS(C)(=O)=O. The van der Waals surface area contributed by atoms with E-state index in [0.29, 0.717) is 18.7 Å². The Balaban J connectivity index is 1.33. The first kappa shape index (κ1) is 29.9. The number of phenols is 1. The molecular weight excluding hydrogens is 587 g/mol. The van der Waals surface area contributed by atoms with Crippen LogP contribution in [0.5, 0.6) is 5.75 Å². The Morgan fingerprint density at radius 3 is 2.60 bits per heavy atom. The molecule has 0 unspecified atom stereocenters. The van der Waals surface area contributed by atoms with Crippen molar-refractivity contribution in [2.24, 2.45) is 0 Å². The Labute approximate surface area is 245 Å². The van der Waals surface area contributed by atoms with Crippen LogP contribution in [0.25, 0.3) is 11.0 Å². The first-order valence-electron chi connectivity index (χ1n) is 13.2. The third kappa shape index (κ3) is 6.16. The van der Waals surface area contributed by atoms with E-state index in [4.69, 9.17) is 4.42 Å². The smallest absolute Gasteiger partial charge is 0.322 e. The minimum Gasteiger partial charge on any atom is -0.508 e. The molecule has 1 saturated heterocycles. The Hall–Kier alpha value is -4.54. The van der Waals surface area contributed by atoms with E-state index in [9.17, 15) is 37.1 Å². The van der Waals surface area contributed by atoms with E-state index in [1.807, 2.05) is 0 Å². The van der Waals surface area contributed by atoms with Gasteiger partial charge in [0.25, 0.3) is 17.7 Å². The predicted octanol–water partition coefficient (Wildman–Crippen LogP) is 0.179. The van der Waals surface area contributed by atoms with Crippen LogP contribution in [0.3, 0.4) is 0 Å². The van der Waals surface area contributed by atoms with E-state index in [2.05, 4.69) is 20.7 Å². The molecule has 0 radical (unpaired) electrons. The minimum absolute atomic E-state index is 0.0106. The molecule has 2 aliphatic rings. The molecule has 3 aromatic rings. The van der Waals surface area contributed by atoms with Gasteiger partial charge >= 0.3 is 6.03 Å². The molecule has 14 nitrogen and oxygen atoms in total. The highest BCUT2D eigenvalue weighted by Crippen LogP contribution is 2.35. The highest BCUT2D eigenvalue weighted by Gasteiger charge is 2.53. The summed E-state index contributed by atoms with van der Waals surface area (Å²) in [5, 5.41) is 17.4. The monoisotopic (exact) mass is 616 g/mol. The summed E-state index contributed by atoms with van der Waals surface area (Å²) in [6, 6.07) is 7.20. The summed E-state index contributed by atoms with van der Waals surface area (Å²) in [7, 11) is -1.57. The number of imide groups is 1. The third-order valence-electron chi connectivity index (χ3n) is 7.25. The fraction of sp³-hybridized carbons (Fsp3) is 0.333. The standard InChI is InChI=1S/C27H29FN6O8S/c1-33(8-6-30-43(2,40)41)7-5-29-23(36)19-9-16-10-22(42-21(16)12-20(19)28)27(25(38)31-26(39)32-27)14-34-13-15-3-4-17(35)11-18(15)24(34)37/h3-4,9-12,30,35H,5-8,13-14H2,1-2H3,(H,29,36)(H2,31,32,38,39)/t27-/m0/s1. The van der Waals surface area contributed by atoms with Crippen LogP contribution in [0.2, 0.25) is 0 Å². The highest BCUT2D eigenvalue weighted by atomic mass is 32.2. The van der Waals surface area contributed by atoms with E-state index >= 15 is 0 Å². The number of likely N-dealkylation sites (N-methyl/N-ethyl adjacent to an activating group) is 1. The minimum atomic E-state index is -3.31. The zero-order valence-corrected chi connectivity index (χ0v) is 24.0. The summed E-state index contributed by atoms with van der Waals surface area (Å²) >= 11 is 0. The van der Waals surface area contributed by atoms with E-state index in [1.165, 1.54) is 29.2 Å². The average Bonchev–Trinajstić information content (AvgIpc) is 3.56. The Morgan fingerprint density at radius 1 is 1.16 bits per heavy atom. The molecule has 0 saturated carbocycles. The summed E-state index contributed by atoms with van der Waals surface area (Å²) in [4.78, 5) is 54.3. The van der Waals surface area contributed by atoms with Crippen LogP contribution < -0.4 is 20.7 Å². The number of benzene rings is 2. The van der Waals surface area contributed by atoms with Gasteiger partial charge in [0.1, 0.15) is 22.9 Å². The molecule has 2 aliphatic heterocycles. The van der Waals surface area contributed by atoms with Gasteiger partial charge in [-0.1, -0.05) is 6.07 Å². The van der Waals surface area contributed by atoms with E-state index in [0.717, 1.165) is 12.3 Å². The summed E-state index contributed by atoms with van der Waals surface area (Å²) in [5.74, 6) is -2.98. The lowest BCUT2D eigenvalue weighted by Crippen LogP contribution is -2.52. The van der Waals surface area contributed by atoms with Gasteiger partial charge in [-0.2, -0.15) is 0 Å². The number of carbonyl (C=O) groups excluding carboxylic acids is 4. The van der Waals surface area contributed by atoms with Gasteiger partial charge in [0.05, 0.1) is 18.4 Å². The first-order chi connectivity index (χ1) is 20.3. The Kier molecular flexibility index (Phi) is 7.85. The lowest BCUT2D eigenvalue weighted by atomic mass is 9.95. The van der Waals surface area contributed by atoms with Crippen LogP contribution in [-0.2, 0) is 26.9 Å². The molecular formula is C27H29FN6O8S. The lowest BCUT2D eigenvalue weighted by molar-refractivity contribution is -0.125. The second-order valence-electron chi connectivity index (χ2n) is 10.5. The molecule has 228 valence electrons. The number of furan rings is 1. The van der Waals surface area contributed by atoms with E-state index in [1.54, 1.807) is 18.0 Å². The number of rotatable bonds is 11. The van der Waals surface area contributed by atoms with E-state index in [-0.39, 0.29) is 59.8 Å². The van der Waals surface area contributed by atoms with Crippen LogP contribution in [0.1, 0.15) is 32.0 Å². The molecule has 0 spiro atoms. The Bertz CT molecular complexity index is 1760. The van der Waals surface area contributed by atoms with Crippen LogP contribution in [-0.4, -0.2) is 93.1 Å². The topological polar surface area (TPSA) is 190 Å². The van der Waals surface area contributed by atoms with Gasteiger partial charge in [-0.05, 0) is 36.9 Å². The number of urea groups is 1. The number of fused-ring (bicyclic) bond motifs is 2. The molecule has 2 aromatic carbocycles. The molecule has 5 N–H and O–H groups in total. The van der Waals surface area contributed by atoms with Gasteiger partial charge in [0.2, 0.25) is 10.0 Å². The average molecular weight is 617 g/mol. The summed E-state index contributed by atoms with van der Waals surface area (Å²) in [5.41, 5.74) is -1.22. The molecule has 5 rings (SSSR count). The maximum atomic E-state index is 15.0. The largest absolute Gasteiger partial charge is 0.508 e. The maximum Gasteiger partial charge on any atom is 0.322 e. The van der Waals surface area contributed by atoms with Crippen LogP contribution in [0.15, 0.2) is 40.8 Å². The highest BCUT2D eigenvalue weighted by molar-refractivity contribution is 7.88. The van der Waals surface area contributed by atoms with Crippen molar-refractivity contribution in [2.45, 2.75) is 12.1 Å². The number of nitrogens with one attached hydrogen (secondary N) is 4. The summed E-state index contributed by atoms with van der Waals surface area (Å²) in [6.45, 7) is 0.905. The van der Waals surface area contributed by atoms with Crippen molar-refractivity contribution >= 4 is 44.7 Å². The van der Waals surface area contributed by atoms with Crippen LogP contribution in [0.4, 0.5) is 9.18 Å². The Morgan fingerprint density at radius 2 is 1.91 bits per heavy atom. The summed E-state index contributed by atoms with van der Waals surface area (Å²) < 4.78 is 45.5. The zero-order chi connectivity index (χ0) is 31.1. The van der Waals surface area contributed by atoms with Crippen LogP contribution in [0, 0.1) is 5.82 Å². The number of aromatic hydroxyl groups is 1. The number of phenolic OH excluding ortho intramolecular Hbond substituents is 1. The maximum absolute atomic E-state index is 15.0. The van der Waals surface area contributed by atoms with Crippen molar-refractivity contribution in [3.63, 3.8) is 0 Å². The molecule has 1 atom stereocenters. The number of halogens is 1. The molecule has 3 heterocycles. The van der Waals surface area contributed by atoms with Gasteiger partial charge in [0, 0.05) is 49.7 Å². The fourth-order valence-electron chi connectivity index (χ4n) is 5.05. The quantitative estimate of drug-likeness (QED) is 0.187. The number of carbonyl (C=O) groups is 4. The second-order valence-corrected chi connectivity index (χ2v) is 12.4. The van der Waals surface area contributed by atoms with Crippen molar-refractivity contribution in [1.29, 1.82) is 0 Å². The van der Waals surface area contributed by atoms with Gasteiger partial charge < -0.3 is 30.0 Å². The van der Waals surface area contributed by atoms with E-state index < -0.39 is 45.1 Å². The number of sulfonamides is 1. The van der Waals surface area contributed by atoms with Crippen molar-refractivity contribution in [3.8, 4) is 5.75 Å². The van der Waals surface area contributed by atoms with Crippen molar-refractivity contribution in [3.05, 3.63) is 64.7 Å². The second kappa shape index (κ2) is 11.3. The molecule has 1 aromatic heterocycles. The fourth-order valence-corrected chi connectivity index (χ4v) is 5.52. The molecule has 0 aliphatic carbocycles. The lowest BCUT2D eigenvalue weighted by Gasteiger charge is -2.29. The molecule has 16 heteroatoms. The zero-order valence-electron chi connectivity index (χ0n) is 23.2. The molecule has 5 amide bonds. The van der Waals surface area contributed by atoms with Crippen LogP contribution >= 0.6 is 0 Å².